The van der Waals surface area contributed by atoms with E-state index in [1.807, 2.05) is 6.92 Å². The molecule has 1 aliphatic heterocycles. The van der Waals surface area contributed by atoms with Crippen LogP contribution in [-0.4, -0.2) is 35.6 Å². The first-order valence-corrected chi connectivity index (χ1v) is 7.01. The van der Waals surface area contributed by atoms with Gasteiger partial charge in [-0.1, -0.05) is 19.8 Å². The van der Waals surface area contributed by atoms with Crippen molar-refractivity contribution in [2.24, 2.45) is 17.3 Å². The summed E-state index contributed by atoms with van der Waals surface area (Å²) in [5, 5.41) is 9.40. The van der Waals surface area contributed by atoms with Crippen molar-refractivity contribution in [3.05, 3.63) is 0 Å². The van der Waals surface area contributed by atoms with Gasteiger partial charge < -0.3 is 10.0 Å². The van der Waals surface area contributed by atoms with E-state index in [2.05, 4.69) is 11.8 Å². The summed E-state index contributed by atoms with van der Waals surface area (Å²) in [6.07, 6.45) is 5.84. The van der Waals surface area contributed by atoms with Gasteiger partial charge in [0, 0.05) is 19.6 Å². The number of nitrogens with zero attached hydrogens (tertiary/aromatic N) is 1. The largest absolute Gasteiger partial charge is 0.481 e. The van der Waals surface area contributed by atoms with Gasteiger partial charge in [-0.05, 0) is 38.0 Å². The van der Waals surface area contributed by atoms with Crippen LogP contribution >= 0.6 is 0 Å². The van der Waals surface area contributed by atoms with Crippen LogP contribution in [0.3, 0.4) is 0 Å². The third kappa shape index (κ3) is 2.65. The maximum atomic E-state index is 11.4. The zero-order chi connectivity index (χ0) is 12.5. The lowest BCUT2D eigenvalue weighted by Gasteiger charge is -2.30. The molecule has 0 radical (unpaired) electrons. The number of fused-ring (bicyclic) bond motifs is 1. The van der Waals surface area contributed by atoms with Gasteiger partial charge in [0.25, 0.3) is 0 Å². The first-order valence-electron chi connectivity index (χ1n) is 7.01. The van der Waals surface area contributed by atoms with Crippen LogP contribution in [0.5, 0.6) is 0 Å². The lowest BCUT2D eigenvalue weighted by atomic mass is 9.85. The van der Waals surface area contributed by atoms with E-state index in [9.17, 15) is 9.90 Å². The lowest BCUT2D eigenvalue weighted by molar-refractivity contribution is -0.149. The van der Waals surface area contributed by atoms with Crippen molar-refractivity contribution < 1.29 is 9.90 Å². The SMILES string of the molecule is CCCC(C)(CN1CC2CCCC2C1)C(=O)O. The molecule has 0 aromatic carbocycles. The Bertz CT molecular complexity index is 280. The van der Waals surface area contributed by atoms with Crippen molar-refractivity contribution >= 4 is 5.97 Å². The monoisotopic (exact) mass is 239 g/mol. The zero-order valence-electron chi connectivity index (χ0n) is 11.1. The molecule has 1 aliphatic carbocycles. The lowest BCUT2D eigenvalue weighted by Crippen LogP contribution is -2.40. The van der Waals surface area contributed by atoms with Crippen LogP contribution < -0.4 is 0 Å². The van der Waals surface area contributed by atoms with Gasteiger partial charge in [-0.2, -0.15) is 0 Å². The van der Waals surface area contributed by atoms with Crippen molar-refractivity contribution in [1.82, 2.24) is 4.90 Å². The van der Waals surface area contributed by atoms with E-state index in [0.717, 1.165) is 44.3 Å². The highest BCUT2D eigenvalue weighted by Crippen LogP contribution is 2.39. The van der Waals surface area contributed by atoms with E-state index in [4.69, 9.17) is 0 Å². The predicted molar refractivity (Wildman–Crippen MR) is 67.9 cm³/mol. The second-order valence-corrected chi connectivity index (χ2v) is 6.26. The smallest absolute Gasteiger partial charge is 0.310 e. The minimum atomic E-state index is -0.628. The zero-order valence-corrected chi connectivity index (χ0v) is 11.1. The van der Waals surface area contributed by atoms with Crippen molar-refractivity contribution in [2.75, 3.05) is 19.6 Å². The topological polar surface area (TPSA) is 40.5 Å². The molecule has 0 aromatic rings. The summed E-state index contributed by atoms with van der Waals surface area (Å²) in [5.41, 5.74) is -0.548. The van der Waals surface area contributed by atoms with Crippen molar-refractivity contribution in [3.8, 4) is 0 Å². The Kier molecular flexibility index (Phi) is 3.76. The average Bonchev–Trinajstić information content (AvgIpc) is 2.77. The fourth-order valence-electron chi connectivity index (χ4n) is 3.76. The molecule has 1 N–H and O–H groups in total. The summed E-state index contributed by atoms with van der Waals surface area (Å²) < 4.78 is 0. The molecule has 1 saturated heterocycles. The van der Waals surface area contributed by atoms with Gasteiger partial charge in [0.1, 0.15) is 0 Å². The maximum absolute atomic E-state index is 11.4. The van der Waals surface area contributed by atoms with E-state index < -0.39 is 11.4 Å². The van der Waals surface area contributed by atoms with E-state index in [-0.39, 0.29) is 0 Å². The van der Waals surface area contributed by atoms with Crippen molar-refractivity contribution in [2.45, 2.75) is 46.0 Å². The fourth-order valence-corrected chi connectivity index (χ4v) is 3.76. The number of hydrogen-bond donors (Lipinski definition) is 1. The number of carbonyl (C=O) groups is 1. The number of carboxylic acids is 1. The number of hydrogen-bond acceptors (Lipinski definition) is 2. The standard InChI is InChI=1S/C14H25NO2/c1-3-7-14(2,13(16)17)10-15-8-11-5-4-6-12(11)9-15/h11-12H,3-10H2,1-2H3,(H,16,17). The van der Waals surface area contributed by atoms with Crippen LogP contribution in [0.1, 0.15) is 46.0 Å². The third-order valence-corrected chi connectivity index (χ3v) is 4.69. The van der Waals surface area contributed by atoms with Crippen LogP contribution in [0.15, 0.2) is 0 Å². The summed E-state index contributed by atoms with van der Waals surface area (Å²) in [6, 6.07) is 0. The number of aliphatic carboxylic acids is 1. The molecular weight excluding hydrogens is 214 g/mol. The summed E-state index contributed by atoms with van der Waals surface area (Å²) in [5.74, 6) is 1.08. The highest BCUT2D eigenvalue weighted by molar-refractivity contribution is 5.74. The summed E-state index contributed by atoms with van der Waals surface area (Å²) in [6.45, 7) is 6.99. The fraction of sp³-hybridized carbons (Fsp3) is 0.929. The quantitative estimate of drug-likeness (QED) is 0.801. The Labute approximate surface area is 104 Å². The Balaban J connectivity index is 1.93. The molecule has 0 bridgehead atoms. The van der Waals surface area contributed by atoms with Crippen molar-refractivity contribution in [3.63, 3.8) is 0 Å². The molecule has 0 amide bonds. The van der Waals surface area contributed by atoms with E-state index in [0.29, 0.717) is 0 Å². The van der Waals surface area contributed by atoms with E-state index >= 15 is 0 Å². The predicted octanol–water partition coefficient (Wildman–Crippen LogP) is 2.61. The van der Waals surface area contributed by atoms with Gasteiger partial charge >= 0.3 is 5.97 Å². The Morgan fingerprint density at radius 2 is 1.94 bits per heavy atom. The molecule has 2 fully saturated rings. The minimum absolute atomic E-state index is 0.548. The molecule has 0 aromatic heterocycles. The molecule has 0 spiro atoms. The molecule has 3 atom stereocenters. The maximum Gasteiger partial charge on any atom is 0.310 e. The molecule has 3 unspecified atom stereocenters. The molecule has 3 heteroatoms. The highest BCUT2D eigenvalue weighted by atomic mass is 16.4. The van der Waals surface area contributed by atoms with Crippen LogP contribution in [0.25, 0.3) is 0 Å². The van der Waals surface area contributed by atoms with E-state index in [1.165, 1.54) is 19.3 Å². The Hall–Kier alpha value is -0.570. The Morgan fingerprint density at radius 1 is 1.35 bits per heavy atom. The van der Waals surface area contributed by atoms with E-state index in [1.54, 1.807) is 0 Å². The van der Waals surface area contributed by atoms with Gasteiger partial charge in [-0.25, -0.2) is 0 Å². The number of carboxylic acid groups (broad SMARTS) is 1. The summed E-state index contributed by atoms with van der Waals surface area (Å²) in [4.78, 5) is 13.8. The van der Waals surface area contributed by atoms with Gasteiger partial charge in [0.15, 0.2) is 0 Å². The second-order valence-electron chi connectivity index (χ2n) is 6.26. The van der Waals surface area contributed by atoms with Crippen molar-refractivity contribution in [1.29, 1.82) is 0 Å². The molecule has 1 heterocycles. The van der Waals surface area contributed by atoms with Gasteiger partial charge in [0.05, 0.1) is 5.41 Å². The summed E-state index contributed by atoms with van der Waals surface area (Å²) in [7, 11) is 0. The molecule has 2 rings (SSSR count). The molecule has 17 heavy (non-hydrogen) atoms. The van der Waals surface area contributed by atoms with Gasteiger partial charge in [0.2, 0.25) is 0 Å². The highest BCUT2D eigenvalue weighted by Gasteiger charge is 2.41. The first kappa shape index (κ1) is 12.9. The van der Waals surface area contributed by atoms with Crippen LogP contribution in [0.2, 0.25) is 0 Å². The second kappa shape index (κ2) is 4.97. The van der Waals surface area contributed by atoms with Gasteiger partial charge in [-0.15, -0.1) is 0 Å². The molecule has 1 saturated carbocycles. The number of likely N-dealkylation sites (tertiary alicyclic amines) is 1. The third-order valence-electron chi connectivity index (χ3n) is 4.69. The molecule has 3 nitrogen and oxygen atoms in total. The number of rotatable bonds is 5. The average molecular weight is 239 g/mol. The summed E-state index contributed by atoms with van der Waals surface area (Å²) >= 11 is 0. The molecule has 98 valence electrons. The minimum Gasteiger partial charge on any atom is -0.481 e. The molecular formula is C14H25NO2. The molecule has 2 aliphatic rings. The van der Waals surface area contributed by atoms with Crippen LogP contribution in [0, 0.1) is 17.3 Å². The Morgan fingerprint density at radius 3 is 2.41 bits per heavy atom. The first-order chi connectivity index (χ1) is 8.05. The van der Waals surface area contributed by atoms with Crippen LogP contribution in [0.4, 0.5) is 0 Å². The van der Waals surface area contributed by atoms with Gasteiger partial charge in [-0.3, -0.25) is 4.79 Å². The normalized spacial score (nSPS) is 32.4. The van der Waals surface area contributed by atoms with Crippen LogP contribution in [-0.2, 0) is 4.79 Å².